The lowest BCUT2D eigenvalue weighted by Crippen LogP contribution is -2.08. The molecule has 0 aliphatic heterocycles. The van der Waals surface area contributed by atoms with Crippen molar-refractivity contribution in [3.8, 4) is 0 Å². The van der Waals surface area contributed by atoms with Gasteiger partial charge in [0, 0.05) is 21.4 Å². The third-order valence-electron chi connectivity index (χ3n) is 7.51. The van der Waals surface area contributed by atoms with E-state index in [2.05, 4.69) is 91.8 Å². The van der Waals surface area contributed by atoms with Crippen molar-refractivity contribution in [2.75, 3.05) is 0 Å². The van der Waals surface area contributed by atoms with E-state index < -0.39 is 0 Å². The van der Waals surface area contributed by atoms with Gasteiger partial charge in [0.15, 0.2) is 0 Å². The third-order valence-corrected chi connectivity index (χ3v) is 8.90. The second kappa shape index (κ2) is 8.58. The van der Waals surface area contributed by atoms with Gasteiger partial charge in [-0.3, -0.25) is 0 Å². The molecule has 2 atom stereocenters. The van der Waals surface area contributed by atoms with Gasteiger partial charge in [0.1, 0.15) is 0 Å². The van der Waals surface area contributed by atoms with Crippen LogP contribution in [0.5, 0.6) is 0 Å². The van der Waals surface area contributed by atoms with Crippen molar-refractivity contribution >= 4 is 21.7 Å². The van der Waals surface area contributed by atoms with Crippen LogP contribution >= 0.6 is 0 Å². The predicted molar refractivity (Wildman–Crippen MR) is 139 cm³/mol. The predicted octanol–water partition coefficient (Wildman–Crippen LogP) is 8.79. The zero-order chi connectivity index (χ0) is 22.4. The molecule has 31 heavy (non-hydrogen) atoms. The summed E-state index contributed by atoms with van der Waals surface area (Å²) in [6, 6.07) is 12.4. The van der Waals surface area contributed by atoms with Crippen LogP contribution in [0.15, 0.2) is 35.4 Å². The van der Waals surface area contributed by atoms with Crippen LogP contribution in [0.4, 0.5) is 0 Å². The molecule has 0 bridgehead atoms. The Morgan fingerprint density at radius 2 is 1.03 bits per heavy atom. The molecule has 0 saturated heterocycles. The summed E-state index contributed by atoms with van der Waals surface area (Å²) in [6.45, 7) is 18.5. The highest BCUT2D eigenvalue weighted by Crippen LogP contribution is 2.44. The maximum atomic E-state index is 2.50. The van der Waals surface area contributed by atoms with Crippen LogP contribution in [0.3, 0.4) is 0 Å². The smallest absolute Gasteiger partial charge is 0.0397 e. The minimum atomic E-state index is 0.592. The van der Waals surface area contributed by atoms with E-state index in [4.69, 9.17) is 0 Å². The normalized spacial score (nSPS) is 19.7. The first-order chi connectivity index (χ1) is 14.7. The molecular weight excluding hydrogens is 388 g/mol. The van der Waals surface area contributed by atoms with Gasteiger partial charge >= 0.3 is 0 Å². The zero-order valence-corrected chi connectivity index (χ0v) is 21.7. The topological polar surface area (TPSA) is 0 Å². The van der Waals surface area contributed by atoms with Crippen molar-refractivity contribution in [2.24, 2.45) is 0 Å². The van der Waals surface area contributed by atoms with Crippen molar-refractivity contribution < 1.29 is 0 Å². The van der Waals surface area contributed by atoms with E-state index in [0.717, 1.165) is 9.52 Å². The molecule has 0 N–H and O–H groups in total. The van der Waals surface area contributed by atoms with E-state index in [1.165, 1.54) is 45.5 Å². The molecule has 0 fully saturated rings. The Balaban J connectivity index is 1.52. The fraction of sp³-hybridized carbons (Fsp3) is 0.467. The Hall–Kier alpha value is -1.86. The summed E-state index contributed by atoms with van der Waals surface area (Å²) in [7, 11) is 0.991. The maximum Gasteiger partial charge on any atom is 0.0397 e. The number of fused-ring (bicyclic) bond motifs is 2. The van der Waals surface area contributed by atoms with Crippen LogP contribution in [0.2, 0.25) is 12.1 Å². The van der Waals surface area contributed by atoms with Crippen LogP contribution in [0.25, 0.3) is 12.2 Å². The molecule has 0 aromatic heterocycles. The Bertz CT molecular complexity index is 979. The van der Waals surface area contributed by atoms with Crippen LogP contribution in [0.1, 0.15) is 110 Å². The van der Waals surface area contributed by atoms with Gasteiger partial charge in [0.05, 0.1) is 0 Å². The fourth-order valence-electron chi connectivity index (χ4n) is 5.41. The monoisotopic (exact) mass is 426 g/mol. The lowest BCUT2D eigenvalue weighted by atomic mass is 9.90. The minimum Gasteiger partial charge on any atom is -0.0655 e. The molecule has 0 saturated carbocycles. The van der Waals surface area contributed by atoms with Crippen molar-refractivity contribution in [1.82, 2.24) is 0 Å². The van der Waals surface area contributed by atoms with Crippen LogP contribution in [-0.2, 0) is 0 Å². The molecule has 1 heteroatoms. The number of aryl methyl sites for hydroxylation is 2. The molecule has 2 aliphatic carbocycles. The molecule has 0 spiro atoms. The van der Waals surface area contributed by atoms with E-state index in [-0.39, 0.29) is 0 Å². The largest absolute Gasteiger partial charge is 0.0655 e. The Kier molecular flexibility index (Phi) is 6.18. The number of benzene rings is 2. The first-order valence-corrected chi connectivity index (χ1v) is 13.4. The second-order valence-corrected chi connectivity index (χ2v) is 11.8. The summed E-state index contributed by atoms with van der Waals surface area (Å²) in [4.78, 5) is 0. The average Bonchev–Trinajstić information content (AvgIpc) is 3.19. The highest BCUT2D eigenvalue weighted by Gasteiger charge is 2.28. The van der Waals surface area contributed by atoms with Crippen molar-refractivity contribution in [1.29, 1.82) is 0 Å². The molecule has 2 radical (unpaired) electrons. The van der Waals surface area contributed by atoms with Crippen LogP contribution in [0, 0.1) is 13.8 Å². The molecular formula is C30H38Si. The molecule has 0 heterocycles. The van der Waals surface area contributed by atoms with Gasteiger partial charge in [-0.1, -0.05) is 87.3 Å². The van der Waals surface area contributed by atoms with E-state index in [0.29, 0.717) is 23.7 Å². The first-order valence-electron chi connectivity index (χ1n) is 12.0. The lowest BCUT2D eigenvalue weighted by molar-refractivity contribution is 0.838. The highest BCUT2D eigenvalue weighted by atomic mass is 28.2. The van der Waals surface area contributed by atoms with E-state index in [1.807, 2.05) is 0 Å². The SMILES string of the molecule is CC1=Cc2c(C)cc(C(C)C)cc2C1C[Si]CC1C(C)=Cc2c(C)cc(C(C)C)cc21. The van der Waals surface area contributed by atoms with E-state index in [9.17, 15) is 0 Å². The number of allylic oxidation sites excluding steroid dienone is 2. The molecule has 4 rings (SSSR count). The standard InChI is InChI=1S/C30H38Si/c1-17(2)23-9-19(5)25-11-21(7)29(27(25)13-23)15-31-16-30-22(8)12-26-20(6)10-24(18(3)4)14-28(26)30/h9-14,17-18,29-30H,15-16H2,1-8H3. The maximum absolute atomic E-state index is 2.50. The second-order valence-electron chi connectivity index (χ2n) is 10.5. The molecule has 2 aromatic rings. The Morgan fingerprint density at radius 3 is 1.39 bits per heavy atom. The Labute approximate surface area is 192 Å². The number of hydrogen-bond donors (Lipinski definition) is 0. The summed E-state index contributed by atoms with van der Waals surface area (Å²) < 4.78 is 0. The van der Waals surface area contributed by atoms with Crippen molar-refractivity contribution in [3.63, 3.8) is 0 Å². The molecule has 2 aromatic carbocycles. The minimum absolute atomic E-state index is 0.592. The first kappa shape index (κ1) is 22.3. The summed E-state index contributed by atoms with van der Waals surface area (Å²) >= 11 is 0. The fourth-order valence-corrected chi connectivity index (χ4v) is 7.24. The van der Waals surface area contributed by atoms with Gasteiger partial charge in [0.25, 0.3) is 0 Å². The molecule has 162 valence electrons. The van der Waals surface area contributed by atoms with Crippen molar-refractivity contribution in [3.05, 3.63) is 79.9 Å². The number of rotatable bonds is 6. The Morgan fingerprint density at radius 1 is 0.645 bits per heavy atom. The summed E-state index contributed by atoms with van der Waals surface area (Å²) in [5.41, 5.74) is 15.2. The molecule has 0 nitrogen and oxygen atoms in total. The third kappa shape index (κ3) is 4.14. The molecule has 2 aliphatic rings. The van der Waals surface area contributed by atoms with Crippen LogP contribution < -0.4 is 0 Å². The highest BCUT2D eigenvalue weighted by molar-refractivity contribution is 6.36. The van der Waals surface area contributed by atoms with E-state index in [1.54, 1.807) is 22.3 Å². The lowest BCUT2D eigenvalue weighted by Gasteiger charge is -2.20. The quantitative estimate of drug-likeness (QED) is 0.405. The molecule has 0 amide bonds. The summed E-state index contributed by atoms with van der Waals surface area (Å²) in [5, 5.41) is 0. The van der Waals surface area contributed by atoms with Gasteiger partial charge in [-0.2, -0.15) is 0 Å². The van der Waals surface area contributed by atoms with Gasteiger partial charge in [-0.05, 0) is 84.0 Å². The van der Waals surface area contributed by atoms with Gasteiger partial charge in [-0.25, -0.2) is 0 Å². The number of hydrogen-bond acceptors (Lipinski definition) is 0. The van der Waals surface area contributed by atoms with Crippen LogP contribution in [-0.4, -0.2) is 9.52 Å². The average molecular weight is 427 g/mol. The van der Waals surface area contributed by atoms with Gasteiger partial charge in [-0.15, -0.1) is 0 Å². The van der Waals surface area contributed by atoms with Gasteiger partial charge < -0.3 is 0 Å². The van der Waals surface area contributed by atoms with Gasteiger partial charge in [0.2, 0.25) is 0 Å². The zero-order valence-electron chi connectivity index (χ0n) is 20.7. The van der Waals surface area contributed by atoms with Crippen molar-refractivity contribution in [2.45, 2.75) is 91.1 Å². The van der Waals surface area contributed by atoms with E-state index >= 15 is 0 Å². The summed E-state index contributed by atoms with van der Waals surface area (Å²) in [6.07, 6.45) is 4.91. The summed E-state index contributed by atoms with van der Waals surface area (Å²) in [5.74, 6) is 2.41. The molecule has 2 unspecified atom stereocenters.